The minimum atomic E-state index is -0.114. The normalized spacial score (nSPS) is 10.8. The topological polar surface area (TPSA) is 65.4 Å². The molecule has 6 heteroatoms. The fourth-order valence-corrected chi connectivity index (χ4v) is 2.37. The number of hydrogen-bond acceptors (Lipinski definition) is 4. The van der Waals surface area contributed by atoms with Crippen LogP contribution >= 0.6 is 0 Å². The van der Waals surface area contributed by atoms with Gasteiger partial charge in [0.25, 0.3) is 5.91 Å². The van der Waals surface area contributed by atoms with Crippen molar-refractivity contribution in [1.82, 2.24) is 15.1 Å². The van der Waals surface area contributed by atoms with E-state index in [0.29, 0.717) is 41.9 Å². The van der Waals surface area contributed by atoms with Gasteiger partial charge in [0.2, 0.25) is 0 Å². The molecule has 0 fully saturated rings. The van der Waals surface area contributed by atoms with Crippen LogP contribution in [0.1, 0.15) is 31.3 Å². The first-order chi connectivity index (χ1) is 11.5. The van der Waals surface area contributed by atoms with Crippen LogP contribution in [-0.2, 0) is 6.54 Å². The Balaban J connectivity index is 2.37. The summed E-state index contributed by atoms with van der Waals surface area (Å²) in [5.74, 6) is 1.65. The van der Waals surface area contributed by atoms with E-state index in [1.54, 1.807) is 31.0 Å². The first-order valence-corrected chi connectivity index (χ1v) is 8.08. The lowest BCUT2D eigenvalue weighted by atomic mass is 10.1. The molecule has 6 nitrogen and oxygen atoms in total. The smallest absolute Gasteiger partial charge is 0.269 e. The van der Waals surface area contributed by atoms with Crippen molar-refractivity contribution in [1.29, 1.82) is 0 Å². The second-order valence-corrected chi connectivity index (χ2v) is 5.90. The first kappa shape index (κ1) is 17.8. The molecule has 0 aliphatic rings. The Bertz CT molecular complexity index is 708. The second-order valence-electron chi connectivity index (χ2n) is 5.90. The van der Waals surface area contributed by atoms with Crippen LogP contribution in [0.2, 0.25) is 0 Å². The molecule has 1 heterocycles. The molecule has 1 N–H and O–H groups in total. The highest BCUT2D eigenvalue weighted by molar-refractivity contribution is 5.94. The van der Waals surface area contributed by atoms with E-state index in [-0.39, 0.29) is 5.91 Å². The van der Waals surface area contributed by atoms with Gasteiger partial charge in [0.15, 0.2) is 0 Å². The Morgan fingerprint density at radius 3 is 2.58 bits per heavy atom. The van der Waals surface area contributed by atoms with E-state index in [9.17, 15) is 4.79 Å². The predicted octanol–water partition coefficient (Wildman–Crippen LogP) is 2.97. The molecule has 0 atom stereocenters. The van der Waals surface area contributed by atoms with Crippen LogP contribution in [0.4, 0.5) is 0 Å². The second kappa shape index (κ2) is 7.86. The highest BCUT2D eigenvalue weighted by Gasteiger charge is 2.18. The third-order valence-corrected chi connectivity index (χ3v) is 3.67. The number of amides is 1. The van der Waals surface area contributed by atoms with E-state index < -0.39 is 0 Å². The summed E-state index contributed by atoms with van der Waals surface area (Å²) in [6, 6.07) is 7.33. The molecular weight excluding hydrogens is 306 g/mol. The number of methoxy groups -OCH3 is 2. The van der Waals surface area contributed by atoms with E-state index in [2.05, 4.69) is 24.3 Å². The number of aryl methyl sites for hydroxylation is 1. The van der Waals surface area contributed by atoms with E-state index >= 15 is 0 Å². The van der Waals surface area contributed by atoms with Crippen molar-refractivity contribution in [3.05, 3.63) is 30.0 Å². The highest BCUT2D eigenvalue weighted by Crippen LogP contribution is 2.32. The largest absolute Gasteiger partial charge is 0.497 e. The zero-order chi connectivity index (χ0) is 17.7. The molecule has 0 spiro atoms. The molecule has 0 saturated heterocycles. The van der Waals surface area contributed by atoms with Crippen LogP contribution in [0.25, 0.3) is 11.3 Å². The summed E-state index contributed by atoms with van der Waals surface area (Å²) in [4.78, 5) is 12.4. The van der Waals surface area contributed by atoms with Crippen molar-refractivity contribution in [2.24, 2.45) is 5.92 Å². The molecule has 0 radical (unpaired) electrons. The standard InChI is InChI=1S/C18H25N3O3/c1-6-21-16(18(22)19-11-12(2)3)10-15(20-21)14-8-7-13(23-4)9-17(14)24-5/h7-10,12H,6,11H2,1-5H3,(H,19,22). The van der Waals surface area contributed by atoms with Crippen LogP contribution in [-0.4, -0.2) is 36.5 Å². The van der Waals surface area contributed by atoms with E-state index in [1.165, 1.54) is 0 Å². The van der Waals surface area contributed by atoms with Gasteiger partial charge in [0.1, 0.15) is 17.2 Å². The summed E-state index contributed by atoms with van der Waals surface area (Å²) in [7, 11) is 3.21. The Hall–Kier alpha value is -2.50. The molecule has 1 aromatic heterocycles. The van der Waals surface area contributed by atoms with Crippen LogP contribution in [0.15, 0.2) is 24.3 Å². The van der Waals surface area contributed by atoms with Crippen molar-refractivity contribution in [3.8, 4) is 22.8 Å². The molecule has 1 amide bonds. The average molecular weight is 331 g/mol. The van der Waals surface area contributed by atoms with Crippen LogP contribution < -0.4 is 14.8 Å². The van der Waals surface area contributed by atoms with Gasteiger partial charge in [-0.3, -0.25) is 9.48 Å². The van der Waals surface area contributed by atoms with E-state index in [0.717, 1.165) is 5.56 Å². The van der Waals surface area contributed by atoms with Gasteiger partial charge < -0.3 is 14.8 Å². The van der Waals surface area contributed by atoms with Gasteiger partial charge in [0, 0.05) is 24.7 Å². The molecule has 2 aromatic rings. The molecule has 1 aromatic carbocycles. The number of benzene rings is 1. The van der Waals surface area contributed by atoms with Gasteiger partial charge in [-0.15, -0.1) is 0 Å². The minimum absolute atomic E-state index is 0.114. The van der Waals surface area contributed by atoms with Crippen molar-refractivity contribution < 1.29 is 14.3 Å². The summed E-state index contributed by atoms with van der Waals surface area (Å²) in [5, 5.41) is 7.48. The summed E-state index contributed by atoms with van der Waals surface area (Å²) in [6.07, 6.45) is 0. The average Bonchev–Trinajstić information content (AvgIpc) is 3.03. The summed E-state index contributed by atoms with van der Waals surface area (Å²) in [5.41, 5.74) is 2.07. The molecule has 0 saturated carbocycles. The lowest BCUT2D eigenvalue weighted by molar-refractivity contribution is 0.0938. The van der Waals surface area contributed by atoms with E-state index in [4.69, 9.17) is 9.47 Å². The minimum Gasteiger partial charge on any atom is -0.497 e. The van der Waals surface area contributed by atoms with Gasteiger partial charge in [-0.1, -0.05) is 13.8 Å². The Kier molecular flexibility index (Phi) is 5.84. The molecule has 0 bridgehead atoms. The van der Waals surface area contributed by atoms with E-state index in [1.807, 2.05) is 19.1 Å². The Morgan fingerprint density at radius 1 is 1.25 bits per heavy atom. The SMILES string of the molecule is CCn1nc(-c2ccc(OC)cc2OC)cc1C(=O)NCC(C)C. The lowest BCUT2D eigenvalue weighted by Crippen LogP contribution is -2.29. The number of aromatic nitrogens is 2. The van der Waals surface area contributed by atoms with Crippen molar-refractivity contribution in [2.45, 2.75) is 27.3 Å². The molecule has 0 unspecified atom stereocenters. The fraction of sp³-hybridized carbons (Fsp3) is 0.444. The van der Waals surface area contributed by atoms with Crippen LogP contribution in [0, 0.1) is 5.92 Å². The predicted molar refractivity (Wildman–Crippen MR) is 93.6 cm³/mol. The lowest BCUT2D eigenvalue weighted by Gasteiger charge is -2.08. The van der Waals surface area contributed by atoms with Gasteiger partial charge in [-0.2, -0.15) is 5.10 Å². The molecule has 0 aliphatic carbocycles. The van der Waals surface area contributed by atoms with Crippen molar-refractivity contribution >= 4 is 5.91 Å². The van der Waals surface area contributed by atoms with Crippen molar-refractivity contribution in [2.75, 3.05) is 20.8 Å². The summed E-state index contributed by atoms with van der Waals surface area (Å²) < 4.78 is 12.4. The zero-order valence-electron chi connectivity index (χ0n) is 14.9. The van der Waals surface area contributed by atoms with Gasteiger partial charge in [0.05, 0.1) is 19.9 Å². The molecule has 0 aliphatic heterocycles. The summed E-state index contributed by atoms with van der Waals surface area (Å²) >= 11 is 0. The summed E-state index contributed by atoms with van der Waals surface area (Å²) in [6.45, 7) is 7.33. The van der Waals surface area contributed by atoms with Crippen molar-refractivity contribution in [3.63, 3.8) is 0 Å². The first-order valence-electron chi connectivity index (χ1n) is 8.08. The highest BCUT2D eigenvalue weighted by atomic mass is 16.5. The van der Waals surface area contributed by atoms with Crippen LogP contribution in [0.3, 0.4) is 0 Å². The number of nitrogens with one attached hydrogen (secondary N) is 1. The molecule has 24 heavy (non-hydrogen) atoms. The third kappa shape index (κ3) is 3.88. The number of ether oxygens (including phenoxy) is 2. The molecule has 2 rings (SSSR count). The number of rotatable bonds is 7. The fourth-order valence-electron chi connectivity index (χ4n) is 2.37. The molecular formula is C18H25N3O3. The number of carbonyl (C=O) groups excluding carboxylic acids is 1. The number of nitrogens with zero attached hydrogens (tertiary/aromatic N) is 2. The van der Waals surface area contributed by atoms with Gasteiger partial charge >= 0.3 is 0 Å². The maximum absolute atomic E-state index is 12.4. The monoisotopic (exact) mass is 331 g/mol. The Morgan fingerprint density at radius 2 is 2.00 bits per heavy atom. The third-order valence-electron chi connectivity index (χ3n) is 3.67. The number of carbonyl (C=O) groups is 1. The van der Waals surface area contributed by atoms with Gasteiger partial charge in [-0.05, 0) is 31.0 Å². The zero-order valence-corrected chi connectivity index (χ0v) is 14.9. The van der Waals surface area contributed by atoms with Crippen LogP contribution in [0.5, 0.6) is 11.5 Å². The van der Waals surface area contributed by atoms with Gasteiger partial charge in [-0.25, -0.2) is 0 Å². The number of hydrogen-bond donors (Lipinski definition) is 1. The maximum Gasteiger partial charge on any atom is 0.269 e. The molecule has 130 valence electrons. The Labute approximate surface area is 142 Å². The maximum atomic E-state index is 12.4. The quantitative estimate of drug-likeness (QED) is 0.847.